The summed E-state index contributed by atoms with van der Waals surface area (Å²) in [6.45, 7) is 0. The molecule has 15 heavy (non-hydrogen) atoms. The summed E-state index contributed by atoms with van der Waals surface area (Å²) in [4.78, 5) is 18.1. The summed E-state index contributed by atoms with van der Waals surface area (Å²) in [5.74, 6) is 0.864. The molecule has 2 heterocycles. The number of rotatable bonds is 0. The van der Waals surface area contributed by atoms with Crippen LogP contribution in [0.5, 0.6) is 0 Å². The molecular weight excluding hydrogens is 192 g/mol. The van der Waals surface area contributed by atoms with E-state index in [4.69, 9.17) is 5.73 Å². The quantitative estimate of drug-likeness (QED) is 0.562. The molecular formula is C10H8N4O. The summed E-state index contributed by atoms with van der Waals surface area (Å²) < 4.78 is 1.72. The number of nitrogens with two attached hydrogens (primary N) is 1. The number of benzene rings is 1. The zero-order valence-corrected chi connectivity index (χ0v) is 7.77. The summed E-state index contributed by atoms with van der Waals surface area (Å²) >= 11 is 0. The van der Waals surface area contributed by atoms with Gasteiger partial charge in [0.25, 0.3) is 5.56 Å². The van der Waals surface area contributed by atoms with E-state index >= 15 is 0 Å². The highest BCUT2D eigenvalue weighted by molar-refractivity contribution is 5.80. The molecule has 1 aromatic carbocycles. The summed E-state index contributed by atoms with van der Waals surface area (Å²) in [7, 11) is 0. The van der Waals surface area contributed by atoms with E-state index in [1.807, 2.05) is 24.3 Å². The average molecular weight is 200 g/mol. The Hall–Kier alpha value is -2.30. The largest absolute Gasteiger partial charge is 0.385 e. The van der Waals surface area contributed by atoms with Crippen molar-refractivity contribution in [3.8, 4) is 0 Å². The second-order valence-electron chi connectivity index (χ2n) is 3.32. The van der Waals surface area contributed by atoms with Gasteiger partial charge in [-0.3, -0.25) is 14.2 Å². The van der Waals surface area contributed by atoms with Gasteiger partial charge in [-0.15, -0.1) is 0 Å². The van der Waals surface area contributed by atoms with Crippen LogP contribution in [-0.4, -0.2) is 14.4 Å². The molecule has 0 aliphatic heterocycles. The first-order valence-electron chi connectivity index (χ1n) is 4.52. The number of anilines is 1. The van der Waals surface area contributed by atoms with E-state index in [-0.39, 0.29) is 5.56 Å². The number of nitrogens with zero attached hydrogens (tertiary/aromatic N) is 2. The van der Waals surface area contributed by atoms with E-state index in [9.17, 15) is 4.79 Å². The first-order chi connectivity index (χ1) is 7.25. The van der Waals surface area contributed by atoms with Gasteiger partial charge in [-0.1, -0.05) is 12.1 Å². The third-order valence-electron chi connectivity index (χ3n) is 2.33. The van der Waals surface area contributed by atoms with Gasteiger partial charge in [0.2, 0.25) is 5.78 Å². The number of nitrogens with one attached hydrogen (secondary N) is 1. The minimum Gasteiger partial charge on any atom is -0.385 e. The molecule has 3 rings (SSSR count). The minimum absolute atomic E-state index is 0.240. The highest BCUT2D eigenvalue weighted by Gasteiger charge is 2.06. The molecule has 0 amide bonds. The van der Waals surface area contributed by atoms with Crippen molar-refractivity contribution in [3.05, 3.63) is 40.7 Å². The average Bonchev–Trinajstić information content (AvgIpc) is 2.54. The van der Waals surface area contributed by atoms with Crippen molar-refractivity contribution in [1.82, 2.24) is 14.4 Å². The van der Waals surface area contributed by atoms with Crippen LogP contribution in [0, 0.1) is 0 Å². The smallest absolute Gasteiger partial charge is 0.254 e. The first-order valence-corrected chi connectivity index (χ1v) is 4.52. The number of H-pyrrole nitrogens is 1. The van der Waals surface area contributed by atoms with Gasteiger partial charge in [0, 0.05) is 6.07 Å². The van der Waals surface area contributed by atoms with Crippen molar-refractivity contribution in [2.24, 2.45) is 0 Å². The Morgan fingerprint density at radius 1 is 1.33 bits per heavy atom. The van der Waals surface area contributed by atoms with Crippen LogP contribution in [-0.2, 0) is 0 Å². The van der Waals surface area contributed by atoms with Crippen LogP contribution in [0.4, 0.5) is 5.82 Å². The standard InChI is InChI=1S/C10H8N4O/c11-8-5-9(15)13-10-12-6-3-1-2-4-7(6)14(8)10/h1-5H,11H2,(H,12,13,15). The maximum absolute atomic E-state index is 11.2. The number of hydrogen-bond acceptors (Lipinski definition) is 3. The monoisotopic (exact) mass is 200 g/mol. The fraction of sp³-hybridized carbons (Fsp3) is 0. The molecule has 0 atom stereocenters. The number of aromatic nitrogens is 3. The molecule has 0 spiro atoms. The van der Waals surface area contributed by atoms with Crippen LogP contribution in [0.3, 0.4) is 0 Å². The number of aromatic amines is 1. The lowest BCUT2D eigenvalue weighted by atomic mass is 10.3. The molecule has 0 aliphatic carbocycles. The Morgan fingerprint density at radius 3 is 3.00 bits per heavy atom. The summed E-state index contributed by atoms with van der Waals surface area (Å²) in [5.41, 5.74) is 7.23. The van der Waals surface area contributed by atoms with Gasteiger partial charge in [0.05, 0.1) is 11.0 Å². The molecule has 5 heteroatoms. The molecule has 2 aromatic heterocycles. The Bertz CT molecular complexity index is 710. The molecule has 3 aromatic rings. The molecule has 0 saturated heterocycles. The summed E-state index contributed by atoms with van der Waals surface area (Å²) in [6.07, 6.45) is 0. The van der Waals surface area contributed by atoms with Crippen LogP contribution in [0.1, 0.15) is 0 Å². The predicted molar refractivity (Wildman–Crippen MR) is 57.7 cm³/mol. The van der Waals surface area contributed by atoms with Crippen LogP contribution in [0.2, 0.25) is 0 Å². The first kappa shape index (κ1) is 8.05. The third-order valence-corrected chi connectivity index (χ3v) is 2.33. The molecule has 0 unspecified atom stereocenters. The minimum atomic E-state index is -0.240. The van der Waals surface area contributed by atoms with Gasteiger partial charge in [-0.05, 0) is 12.1 Å². The van der Waals surface area contributed by atoms with Gasteiger partial charge < -0.3 is 5.73 Å². The molecule has 0 bridgehead atoms. The van der Waals surface area contributed by atoms with Crippen molar-refractivity contribution in [2.75, 3.05) is 5.73 Å². The summed E-state index contributed by atoms with van der Waals surface area (Å²) in [5, 5.41) is 0. The number of nitrogen functional groups attached to an aromatic ring is 1. The molecule has 74 valence electrons. The fourth-order valence-corrected chi connectivity index (χ4v) is 1.72. The number of hydrogen-bond donors (Lipinski definition) is 2. The van der Waals surface area contributed by atoms with Crippen LogP contribution < -0.4 is 11.3 Å². The van der Waals surface area contributed by atoms with Crippen molar-refractivity contribution in [1.29, 1.82) is 0 Å². The van der Waals surface area contributed by atoms with Crippen LogP contribution in [0.15, 0.2) is 35.1 Å². The second-order valence-corrected chi connectivity index (χ2v) is 3.32. The topological polar surface area (TPSA) is 76.2 Å². The molecule has 5 nitrogen and oxygen atoms in total. The SMILES string of the molecule is Nc1cc(=O)[nH]c2nc3ccccc3n12. The van der Waals surface area contributed by atoms with Crippen molar-refractivity contribution >= 4 is 22.6 Å². The Morgan fingerprint density at radius 2 is 2.13 bits per heavy atom. The molecule has 3 N–H and O–H groups in total. The maximum atomic E-state index is 11.2. The Labute approximate surface area is 84.2 Å². The zero-order valence-electron chi connectivity index (χ0n) is 7.77. The van der Waals surface area contributed by atoms with Gasteiger partial charge in [-0.25, -0.2) is 4.98 Å². The Kier molecular flexibility index (Phi) is 1.39. The number of imidazole rings is 1. The zero-order chi connectivity index (χ0) is 10.4. The maximum Gasteiger partial charge on any atom is 0.254 e. The lowest BCUT2D eigenvalue weighted by Gasteiger charge is -1.98. The van der Waals surface area contributed by atoms with E-state index in [2.05, 4.69) is 9.97 Å². The highest BCUT2D eigenvalue weighted by atomic mass is 16.1. The Balaban J connectivity index is 2.67. The lowest BCUT2D eigenvalue weighted by molar-refractivity contribution is 1.11. The van der Waals surface area contributed by atoms with Crippen molar-refractivity contribution in [2.45, 2.75) is 0 Å². The van der Waals surface area contributed by atoms with Crippen LogP contribution >= 0.6 is 0 Å². The van der Waals surface area contributed by atoms with Gasteiger partial charge in [0.15, 0.2) is 0 Å². The molecule has 0 aliphatic rings. The summed E-state index contributed by atoms with van der Waals surface area (Å²) in [6, 6.07) is 8.93. The van der Waals surface area contributed by atoms with E-state index in [0.29, 0.717) is 11.6 Å². The molecule has 0 radical (unpaired) electrons. The number of para-hydroxylation sites is 2. The predicted octanol–water partition coefficient (Wildman–Crippen LogP) is 0.758. The fourth-order valence-electron chi connectivity index (χ4n) is 1.72. The lowest BCUT2D eigenvalue weighted by Crippen LogP contribution is -2.10. The normalized spacial score (nSPS) is 11.2. The number of fused-ring (bicyclic) bond motifs is 3. The van der Waals surface area contributed by atoms with Gasteiger partial charge >= 0.3 is 0 Å². The van der Waals surface area contributed by atoms with Crippen LogP contribution in [0.25, 0.3) is 16.8 Å². The van der Waals surface area contributed by atoms with E-state index in [1.54, 1.807) is 4.40 Å². The highest BCUT2D eigenvalue weighted by Crippen LogP contribution is 2.16. The van der Waals surface area contributed by atoms with Crippen molar-refractivity contribution < 1.29 is 0 Å². The molecule has 0 saturated carbocycles. The van der Waals surface area contributed by atoms with Gasteiger partial charge in [0.1, 0.15) is 5.82 Å². The molecule has 0 fully saturated rings. The van der Waals surface area contributed by atoms with Crippen molar-refractivity contribution in [3.63, 3.8) is 0 Å². The van der Waals surface area contributed by atoms with E-state index < -0.39 is 0 Å². The second kappa shape index (κ2) is 2.60. The van der Waals surface area contributed by atoms with E-state index in [1.165, 1.54) is 6.07 Å². The third kappa shape index (κ3) is 1.03. The van der Waals surface area contributed by atoms with E-state index in [0.717, 1.165) is 11.0 Å². The van der Waals surface area contributed by atoms with Gasteiger partial charge in [-0.2, -0.15) is 0 Å².